The van der Waals surface area contributed by atoms with Crippen LogP contribution >= 0.6 is 0 Å². The van der Waals surface area contributed by atoms with Gasteiger partial charge in [-0.3, -0.25) is 4.90 Å². The Morgan fingerprint density at radius 3 is 2.71 bits per heavy atom. The van der Waals surface area contributed by atoms with Crippen LogP contribution in [0.1, 0.15) is 13.3 Å². The van der Waals surface area contributed by atoms with Crippen LogP contribution in [0.2, 0.25) is 0 Å². The zero-order chi connectivity index (χ0) is 10.3. The predicted molar refractivity (Wildman–Crippen MR) is 51.7 cm³/mol. The van der Waals surface area contributed by atoms with Crippen molar-refractivity contribution in [2.45, 2.75) is 31.6 Å². The molecule has 2 heterocycles. The first-order valence-electron chi connectivity index (χ1n) is 5.36. The fourth-order valence-corrected chi connectivity index (χ4v) is 2.89. The summed E-state index contributed by atoms with van der Waals surface area (Å²) in [6.45, 7) is 3.69. The van der Waals surface area contributed by atoms with Crippen molar-refractivity contribution in [2.75, 3.05) is 19.7 Å². The molecule has 82 valence electrons. The second kappa shape index (κ2) is 3.77. The molecule has 0 unspecified atom stereocenters. The summed E-state index contributed by atoms with van der Waals surface area (Å²) in [5.41, 5.74) is 0. The van der Waals surface area contributed by atoms with Gasteiger partial charge in [0.2, 0.25) is 0 Å². The van der Waals surface area contributed by atoms with Crippen molar-refractivity contribution in [3.63, 3.8) is 0 Å². The van der Waals surface area contributed by atoms with Gasteiger partial charge in [-0.25, -0.2) is 0 Å². The van der Waals surface area contributed by atoms with E-state index in [1.807, 2.05) is 0 Å². The highest BCUT2D eigenvalue weighted by Gasteiger charge is 2.47. The van der Waals surface area contributed by atoms with E-state index in [2.05, 4.69) is 11.8 Å². The Balaban J connectivity index is 2.16. The van der Waals surface area contributed by atoms with Gasteiger partial charge < -0.3 is 15.3 Å². The molecule has 2 aliphatic rings. The molecule has 0 aromatic heterocycles. The Kier molecular flexibility index (Phi) is 2.79. The predicted octanol–water partition coefficient (Wildman–Crippen LogP) is -0.959. The fourth-order valence-electron chi connectivity index (χ4n) is 2.89. The van der Waals surface area contributed by atoms with Gasteiger partial charge in [-0.2, -0.15) is 0 Å². The third-order valence-corrected chi connectivity index (χ3v) is 3.84. The van der Waals surface area contributed by atoms with Gasteiger partial charge in [0.15, 0.2) is 0 Å². The maximum absolute atomic E-state index is 9.81. The molecule has 0 spiro atoms. The van der Waals surface area contributed by atoms with Gasteiger partial charge >= 0.3 is 0 Å². The van der Waals surface area contributed by atoms with E-state index in [-0.39, 0.29) is 18.6 Å². The lowest BCUT2D eigenvalue weighted by molar-refractivity contribution is -0.0201. The van der Waals surface area contributed by atoms with Crippen molar-refractivity contribution >= 4 is 0 Å². The highest BCUT2D eigenvalue weighted by molar-refractivity contribution is 5.00. The quantitative estimate of drug-likeness (QED) is 0.511. The number of aliphatic hydroxyl groups excluding tert-OH is 3. The van der Waals surface area contributed by atoms with Crippen LogP contribution in [0.25, 0.3) is 0 Å². The second-order valence-electron chi connectivity index (χ2n) is 4.66. The van der Waals surface area contributed by atoms with Gasteiger partial charge in [0, 0.05) is 25.1 Å². The van der Waals surface area contributed by atoms with E-state index >= 15 is 0 Å². The molecule has 0 aromatic rings. The smallest absolute Gasteiger partial charge is 0.0970 e. The zero-order valence-electron chi connectivity index (χ0n) is 8.50. The minimum Gasteiger partial charge on any atom is -0.396 e. The van der Waals surface area contributed by atoms with E-state index in [1.54, 1.807) is 0 Å². The summed E-state index contributed by atoms with van der Waals surface area (Å²) >= 11 is 0. The maximum Gasteiger partial charge on any atom is 0.0970 e. The van der Waals surface area contributed by atoms with Crippen molar-refractivity contribution in [3.05, 3.63) is 0 Å². The molecule has 2 fully saturated rings. The molecule has 5 atom stereocenters. The van der Waals surface area contributed by atoms with Crippen LogP contribution < -0.4 is 0 Å². The molecular formula is C10H19NO3. The standard InChI is InChI=1S/C10H19NO3/c1-6-2-3-11-4-8(13)10(14)9(11)7(6)5-12/h6-10,12-14H,2-5H2,1H3/t6-,7+,8-,9-,10-/m1/s1. The van der Waals surface area contributed by atoms with E-state index in [0.717, 1.165) is 13.0 Å². The highest BCUT2D eigenvalue weighted by atomic mass is 16.3. The topological polar surface area (TPSA) is 63.9 Å². The number of hydrogen-bond donors (Lipinski definition) is 3. The van der Waals surface area contributed by atoms with Crippen LogP contribution in [0.5, 0.6) is 0 Å². The number of rotatable bonds is 1. The second-order valence-corrected chi connectivity index (χ2v) is 4.66. The van der Waals surface area contributed by atoms with Gasteiger partial charge in [0.25, 0.3) is 0 Å². The third-order valence-electron chi connectivity index (χ3n) is 3.84. The van der Waals surface area contributed by atoms with E-state index in [9.17, 15) is 15.3 Å². The molecule has 0 radical (unpaired) electrons. The molecular weight excluding hydrogens is 182 g/mol. The van der Waals surface area contributed by atoms with Crippen LogP contribution in [0.4, 0.5) is 0 Å². The Bertz CT molecular complexity index is 212. The Morgan fingerprint density at radius 1 is 1.36 bits per heavy atom. The van der Waals surface area contributed by atoms with E-state index in [4.69, 9.17) is 0 Å². The molecule has 2 rings (SSSR count). The first kappa shape index (κ1) is 10.4. The van der Waals surface area contributed by atoms with Crippen LogP contribution in [0.3, 0.4) is 0 Å². The average molecular weight is 201 g/mol. The zero-order valence-corrected chi connectivity index (χ0v) is 8.50. The SMILES string of the molecule is C[C@@H]1CCN2C[C@@H](O)[C@@H](O)[C@H]2[C@H]1CO. The van der Waals surface area contributed by atoms with Crippen molar-refractivity contribution in [2.24, 2.45) is 11.8 Å². The van der Waals surface area contributed by atoms with Crippen molar-refractivity contribution < 1.29 is 15.3 Å². The van der Waals surface area contributed by atoms with Crippen LogP contribution in [0.15, 0.2) is 0 Å². The van der Waals surface area contributed by atoms with Gasteiger partial charge in [-0.1, -0.05) is 6.92 Å². The Hall–Kier alpha value is -0.160. The molecule has 0 amide bonds. The molecule has 0 aliphatic carbocycles. The van der Waals surface area contributed by atoms with Crippen LogP contribution in [-0.2, 0) is 0 Å². The Labute approximate surface area is 84.2 Å². The first-order valence-corrected chi connectivity index (χ1v) is 5.36. The summed E-state index contributed by atoms with van der Waals surface area (Å²) in [7, 11) is 0. The molecule has 4 nitrogen and oxygen atoms in total. The highest BCUT2D eigenvalue weighted by Crippen LogP contribution is 2.35. The number of aliphatic hydroxyl groups is 3. The maximum atomic E-state index is 9.81. The van der Waals surface area contributed by atoms with Gasteiger partial charge in [0.1, 0.15) is 0 Å². The van der Waals surface area contributed by atoms with Crippen molar-refractivity contribution in [3.8, 4) is 0 Å². The number of hydrogen-bond acceptors (Lipinski definition) is 4. The van der Waals surface area contributed by atoms with Crippen LogP contribution in [-0.4, -0.2) is 58.2 Å². The molecule has 0 saturated carbocycles. The summed E-state index contributed by atoms with van der Waals surface area (Å²) < 4.78 is 0. The molecule has 0 bridgehead atoms. The average Bonchev–Trinajstić information content (AvgIpc) is 2.45. The van der Waals surface area contributed by atoms with Crippen molar-refractivity contribution in [1.29, 1.82) is 0 Å². The fraction of sp³-hybridized carbons (Fsp3) is 1.00. The van der Waals surface area contributed by atoms with Gasteiger partial charge in [0.05, 0.1) is 12.2 Å². The molecule has 2 saturated heterocycles. The summed E-state index contributed by atoms with van der Waals surface area (Å²) in [5.74, 6) is 0.539. The number of nitrogens with zero attached hydrogens (tertiary/aromatic N) is 1. The molecule has 3 N–H and O–H groups in total. The largest absolute Gasteiger partial charge is 0.396 e. The first-order chi connectivity index (χ1) is 6.65. The minimum absolute atomic E-state index is 0.0428. The molecule has 0 aromatic carbocycles. The van der Waals surface area contributed by atoms with E-state index < -0.39 is 12.2 Å². The van der Waals surface area contributed by atoms with Crippen LogP contribution in [0, 0.1) is 11.8 Å². The normalized spacial score (nSPS) is 49.3. The lowest BCUT2D eigenvalue weighted by Crippen LogP contribution is -2.50. The molecule has 2 aliphatic heterocycles. The Morgan fingerprint density at radius 2 is 2.07 bits per heavy atom. The monoisotopic (exact) mass is 201 g/mol. The molecule has 14 heavy (non-hydrogen) atoms. The number of fused-ring (bicyclic) bond motifs is 1. The summed E-state index contributed by atoms with van der Waals surface area (Å²) in [6, 6.07) is -0.0428. The minimum atomic E-state index is -0.685. The third kappa shape index (κ3) is 1.46. The summed E-state index contributed by atoms with van der Waals surface area (Å²) in [6.07, 6.45) is -0.282. The lowest BCUT2D eigenvalue weighted by Gasteiger charge is -2.40. The van der Waals surface area contributed by atoms with Gasteiger partial charge in [-0.15, -0.1) is 0 Å². The summed E-state index contributed by atoms with van der Waals surface area (Å²) in [4.78, 5) is 2.11. The van der Waals surface area contributed by atoms with E-state index in [0.29, 0.717) is 12.5 Å². The van der Waals surface area contributed by atoms with Crippen molar-refractivity contribution in [1.82, 2.24) is 4.90 Å². The van der Waals surface area contributed by atoms with E-state index in [1.165, 1.54) is 0 Å². The summed E-state index contributed by atoms with van der Waals surface area (Å²) in [5, 5.41) is 28.7. The molecule has 4 heteroatoms. The van der Waals surface area contributed by atoms with Gasteiger partial charge in [-0.05, 0) is 18.9 Å². The lowest BCUT2D eigenvalue weighted by atomic mass is 9.80. The number of piperidine rings is 1.